The van der Waals surface area contributed by atoms with Gasteiger partial charge in [0, 0.05) is 17.0 Å². The highest BCUT2D eigenvalue weighted by Crippen LogP contribution is 2.66. The van der Waals surface area contributed by atoms with E-state index in [2.05, 4.69) is 26.8 Å². The minimum Gasteiger partial charge on any atom is -0.459 e. The van der Waals surface area contributed by atoms with Gasteiger partial charge in [-0.3, -0.25) is 0 Å². The predicted molar refractivity (Wildman–Crippen MR) is 147 cm³/mol. The van der Waals surface area contributed by atoms with Gasteiger partial charge in [0.2, 0.25) is 0 Å². The maximum absolute atomic E-state index is 12.5. The summed E-state index contributed by atoms with van der Waals surface area (Å²) in [6.45, 7) is 11.1. The van der Waals surface area contributed by atoms with Crippen LogP contribution in [-0.4, -0.2) is 12.1 Å². The van der Waals surface area contributed by atoms with Crippen molar-refractivity contribution in [2.75, 3.05) is 0 Å². The fourth-order valence-corrected chi connectivity index (χ4v) is 8.94. The van der Waals surface area contributed by atoms with Crippen molar-refractivity contribution in [3.8, 4) is 0 Å². The number of rotatable bonds is 9. The lowest BCUT2D eigenvalue weighted by molar-refractivity contribution is -0.146. The van der Waals surface area contributed by atoms with Crippen LogP contribution in [0, 0.1) is 34.5 Å². The molecule has 2 nitrogen and oxygen atoms in total. The smallest absolute Gasteiger partial charge is 0.335 e. The molecular weight excluding hydrogens is 452 g/mol. The molecular formula is C32H51ClO2. The quantitative estimate of drug-likeness (QED) is 0.136. The van der Waals surface area contributed by atoms with E-state index in [1.807, 2.05) is 0 Å². The molecule has 0 unspecified atom stereocenters. The molecule has 35 heavy (non-hydrogen) atoms. The predicted octanol–water partition coefficient (Wildman–Crippen LogP) is 9.76. The van der Waals surface area contributed by atoms with E-state index >= 15 is 0 Å². The van der Waals surface area contributed by atoms with Crippen LogP contribution in [0.2, 0.25) is 0 Å². The third kappa shape index (κ3) is 5.44. The zero-order chi connectivity index (χ0) is 25.2. The number of fused-ring (bicyclic) bond motifs is 5. The Morgan fingerprint density at radius 2 is 1.74 bits per heavy atom. The van der Waals surface area contributed by atoms with Crippen LogP contribution >= 0.6 is 11.6 Å². The number of ether oxygens (including phenoxy) is 1. The first kappa shape index (κ1) is 27.3. The minimum absolute atomic E-state index is 0.00591. The first-order valence-corrected chi connectivity index (χ1v) is 15.3. The molecule has 4 aliphatic carbocycles. The van der Waals surface area contributed by atoms with Crippen LogP contribution in [0.5, 0.6) is 0 Å². The van der Waals surface area contributed by atoms with Gasteiger partial charge in [-0.1, -0.05) is 82.5 Å². The Kier molecular flexibility index (Phi) is 8.82. The van der Waals surface area contributed by atoms with E-state index in [4.69, 9.17) is 16.3 Å². The topological polar surface area (TPSA) is 26.3 Å². The molecule has 0 N–H and O–H groups in total. The van der Waals surface area contributed by atoms with E-state index in [1.165, 1.54) is 77.0 Å². The molecule has 0 aromatic heterocycles. The van der Waals surface area contributed by atoms with Gasteiger partial charge in [-0.25, -0.2) is 4.79 Å². The second kappa shape index (κ2) is 11.3. The van der Waals surface area contributed by atoms with Crippen molar-refractivity contribution < 1.29 is 9.53 Å². The summed E-state index contributed by atoms with van der Waals surface area (Å²) in [4.78, 5) is 12.5. The molecule has 0 saturated heterocycles. The van der Waals surface area contributed by atoms with Crippen molar-refractivity contribution >= 4 is 17.6 Å². The summed E-state index contributed by atoms with van der Waals surface area (Å²) in [5, 5.41) is 0.534. The number of carbonyl (C=O) groups is 1. The summed E-state index contributed by atoms with van der Waals surface area (Å²) >= 11 is 6.04. The molecule has 198 valence electrons. The van der Waals surface area contributed by atoms with Crippen molar-refractivity contribution in [3.05, 3.63) is 22.3 Å². The lowest BCUT2D eigenvalue weighted by Gasteiger charge is -2.58. The summed E-state index contributed by atoms with van der Waals surface area (Å²) < 4.78 is 5.89. The summed E-state index contributed by atoms with van der Waals surface area (Å²) in [6, 6.07) is 0. The van der Waals surface area contributed by atoms with Gasteiger partial charge in [-0.05, 0) is 99.7 Å². The number of esters is 1. The van der Waals surface area contributed by atoms with Gasteiger partial charge in [0.25, 0.3) is 0 Å². The summed E-state index contributed by atoms with van der Waals surface area (Å²) in [5.41, 5.74) is 3.00. The molecule has 3 fully saturated rings. The zero-order valence-corrected chi connectivity index (χ0v) is 24.0. The monoisotopic (exact) mass is 502 g/mol. The van der Waals surface area contributed by atoms with Crippen molar-refractivity contribution in [2.45, 2.75) is 137 Å². The van der Waals surface area contributed by atoms with Gasteiger partial charge in [0.05, 0.1) is 0 Å². The molecule has 0 amide bonds. The minimum atomic E-state index is -0.240. The average molecular weight is 503 g/mol. The zero-order valence-electron chi connectivity index (χ0n) is 23.3. The number of carbonyl (C=O) groups excluding carboxylic acids is 1. The van der Waals surface area contributed by atoms with E-state index in [-0.39, 0.29) is 12.1 Å². The summed E-state index contributed by atoms with van der Waals surface area (Å²) in [5.74, 6) is 3.30. The Hall–Kier alpha value is -0.760. The van der Waals surface area contributed by atoms with Gasteiger partial charge < -0.3 is 4.74 Å². The van der Waals surface area contributed by atoms with Crippen molar-refractivity contribution in [3.63, 3.8) is 0 Å². The molecule has 0 heterocycles. The number of halogens is 1. The van der Waals surface area contributed by atoms with Crippen LogP contribution in [0.25, 0.3) is 0 Å². The summed E-state index contributed by atoms with van der Waals surface area (Å²) in [6.07, 6.45) is 22.7. The van der Waals surface area contributed by atoms with Gasteiger partial charge >= 0.3 is 5.97 Å². The largest absolute Gasteiger partial charge is 0.459 e. The first-order valence-electron chi connectivity index (χ1n) is 14.9. The van der Waals surface area contributed by atoms with Crippen LogP contribution in [0.15, 0.2) is 22.3 Å². The third-order valence-corrected chi connectivity index (χ3v) is 11.5. The second-order valence-corrected chi connectivity index (χ2v) is 13.6. The second-order valence-electron chi connectivity index (χ2n) is 13.1. The van der Waals surface area contributed by atoms with E-state index in [0.717, 1.165) is 42.9 Å². The highest BCUT2D eigenvalue weighted by atomic mass is 35.5. The Labute approximate surface area is 220 Å². The molecule has 3 heteroatoms. The van der Waals surface area contributed by atoms with Gasteiger partial charge in [-0.2, -0.15) is 0 Å². The Morgan fingerprint density at radius 3 is 2.49 bits per heavy atom. The third-order valence-electron chi connectivity index (χ3n) is 11.3. The molecule has 0 radical (unpaired) electrons. The average Bonchev–Trinajstić information content (AvgIpc) is 3.17. The Morgan fingerprint density at radius 1 is 1.00 bits per heavy atom. The lowest BCUT2D eigenvalue weighted by atomic mass is 9.47. The molecule has 0 aromatic rings. The molecule has 3 saturated carbocycles. The molecule has 4 rings (SSSR count). The van der Waals surface area contributed by atoms with E-state index < -0.39 is 0 Å². The van der Waals surface area contributed by atoms with Gasteiger partial charge in [0.15, 0.2) is 0 Å². The van der Waals surface area contributed by atoms with Crippen molar-refractivity contribution in [2.24, 2.45) is 34.5 Å². The fourth-order valence-electron chi connectivity index (χ4n) is 8.86. The molecule has 0 bridgehead atoms. The number of hydrogen-bond donors (Lipinski definition) is 0. The number of unbranched alkanes of at least 4 members (excludes halogenated alkanes) is 5. The van der Waals surface area contributed by atoms with E-state index in [1.54, 1.807) is 19.4 Å². The van der Waals surface area contributed by atoms with Crippen molar-refractivity contribution in [1.29, 1.82) is 0 Å². The van der Waals surface area contributed by atoms with E-state index in [9.17, 15) is 4.79 Å². The maximum atomic E-state index is 12.5. The highest BCUT2D eigenvalue weighted by molar-refractivity contribution is 6.31. The highest BCUT2D eigenvalue weighted by Gasteiger charge is 2.58. The number of hydrogen-bond acceptors (Lipinski definition) is 2. The normalized spacial score (nSPS) is 39.1. The van der Waals surface area contributed by atoms with Crippen LogP contribution < -0.4 is 0 Å². The fraction of sp³-hybridized carbons (Fsp3) is 0.844. The van der Waals surface area contributed by atoms with Gasteiger partial charge in [-0.15, -0.1) is 0 Å². The molecule has 0 spiro atoms. The number of allylic oxidation sites excluding steroid dienone is 2. The van der Waals surface area contributed by atoms with E-state index in [0.29, 0.717) is 21.4 Å². The summed E-state index contributed by atoms with van der Waals surface area (Å²) in [7, 11) is 0. The molecule has 4 aliphatic rings. The van der Waals surface area contributed by atoms with Crippen LogP contribution in [-0.2, 0) is 9.53 Å². The SMILES string of the molecule is CCCCCCCC[C@@H]1CC[C@@H]2[C@H]3CC=C4C[C@@H](OC(=O)/C(C)=C(\C)Cl)CC[C@]4(C)[C@@H]3CC[C@@]12C. The molecule has 0 aromatic carbocycles. The van der Waals surface area contributed by atoms with Crippen LogP contribution in [0.4, 0.5) is 0 Å². The Bertz CT molecular complexity index is 823. The molecule has 0 aliphatic heterocycles. The first-order chi connectivity index (χ1) is 16.7. The lowest BCUT2D eigenvalue weighted by Crippen LogP contribution is -2.50. The van der Waals surface area contributed by atoms with Crippen LogP contribution in [0.1, 0.15) is 131 Å². The van der Waals surface area contributed by atoms with Crippen LogP contribution in [0.3, 0.4) is 0 Å². The maximum Gasteiger partial charge on any atom is 0.335 e. The Balaban J connectivity index is 1.38. The van der Waals surface area contributed by atoms with Crippen molar-refractivity contribution in [1.82, 2.24) is 0 Å². The van der Waals surface area contributed by atoms with Gasteiger partial charge in [0.1, 0.15) is 6.10 Å². The standard InChI is InChI=1S/C32H51ClO2/c1-6-7-8-9-10-11-12-24-14-16-28-27-15-13-25-21-26(35-30(34)22(2)23(3)33)17-19-32(25,5)29(27)18-20-31(24,28)4/h13,24,26-29H,6-12,14-21H2,1-5H3/b23-22+/t24-,26+,27-,28-,29-,31+,32+/m1/s1. The molecule has 7 atom stereocenters.